The largest absolute Gasteiger partial charge is 0.510 e. The average Bonchev–Trinajstić information content (AvgIpc) is 2.67. The normalized spacial score (nSPS) is 30.7. The van der Waals surface area contributed by atoms with Crippen LogP contribution in [0, 0.1) is 17.7 Å². The minimum atomic E-state index is -2.70. The van der Waals surface area contributed by atoms with Crippen LogP contribution in [0.25, 0.3) is 0 Å². The SMILES string of the molecule is CN[C@@H]1C(O)=C(C(N)=O)C(=O)[C@@]2(O)C(O)=C3C(=O)c4c(O)ccc(F)c4C[C@H]3C[C@@H]12. The molecular formula is C20H19FN2O7. The van der Waals surface area contributed by atoms with E-state index < -0.39 is 69.6 Å². The van der Waals surface area contributed by atoms with Crippen molar-refractivity contribution in [2.75, 3.05) is 7.05 Å². The second kappa shape index (κ2) is 6.38. The predicted molar refractivity (Wildman–Crippen MR) is 99.0 cm³/mol. The number of carbonyl (C=O) groups is 3. The first-order chi connectivity index (χ1) is 14.0. The summed E-state index contributed by atoms with van der Waals surface area (Å²) in [5, 5.41) is 45.4. The molecule has 3 aliphatic rings. The molecule has 4 rings (SSSR count). The number of nitrogens with two attached hydrogens (primary N) is 1. The Labute approximate surface area is 169 Å². The molecule has 0 fully saturated rings. The lowest BCUT2D eigenvalue weighted by atomic mass is 9.59. The third kappa shape index (κ3) is 2.31. The van der Waals surface area contributed by atoms with Crippen LogP contribution < -0.4 is 11.1 Å². The number of hydrogen-bond donors (Lipinski definition) is 6. The van der Waals surface area contributed by atoms with Crippen molar-refractivity contribution in [2.24, 2.45) is 17.6 Å². The van der Waals surface area contributed by atoms with Crippen LogP contribution in [0.5, 0.6) is 5.75 Å². The molecule has 0 spiro atoms. The van der Waals surface area contributed by atoms with E-state index in [4.69, 9.17) is 5.73 Å². The number of hydrogen-bond acceptors (Lipinski definition) is 8. The number of allylic oxidation sites excluding steroid dienone is 1. The molecule has 4 atom stereocenters. The molecule has 1 amide bonds. The highest BCUT2D eigenvalue weighted by Crippen LogP contribution is 2.51. The number of halogens is 1. The van der Waals surface area contributed by atoms with Crippen molar-refractivity contribution >= 4 is 17.5 Å². The van der Waals surface area contributed by atoms with Crippen molar-refractivity contribution in [3.8, 4) is 5.75 Å². The Morgan fingerprint density at radius 1 is 1.27 bits per heavy atom. The summed E-state index contributed by atoms with van der Waals surface area (Å²) in [6, 6.07) is 0.882. The second-order valence-electron chi connectivity index (χ2n) is 7.74. The fraction of sp³-hybridized carbons (Fsp3) is 0.350. The molecule has 30 heavy (non-hydrogen) atoms. The van der Waals surface area contributed by atoms with Gasteiger partial charge in [0.2, 0.25) is 5.78 Å². The number of amides is 1. The van der Waals surface area contributed by atoms with Gasteiger partial charge in [-0.05, 0) is 37.9 Å². The number of benzene rings is 1. The zero-order valence-electron chi connectivity index (χ0n) is 15.8. The van der Waals surface area contributed by atoms with Crippen LogP contribution in [0.4, 0.5) is 4.39 Å². The predicted octanol–water partition coefficient (Wildman–Crippen LogP) is -0.0825. The first-order valence-electron chi connectivity index (χ1n) is 9.21. The zero-order valence-corrected chi connectivity index (χ0v) is 15.8. The number of primary amides is 1. The Bertz CT molecular complexity index is 1090. The van der Waals surface area contributed by atoms with E-state index in [0.717, 1.165) is 12.1 Å². The third-order valence-electron chi connectivity index (χ3n) is 6.34. The molecule has 0 heterocycles. The van der Waals surface area contributed by atoms with Crippen molar-refractivity contribution in [1.29, 1.82) is 0 Å². The molecule has 9 nitrogen and oxygen atoms in total. The lowest BCUT2D eigenvalue weighted by Gasteiger charge is -2.48. The zero-order chi connectivity index (χ0) is 22.1. The lowest BCUT2D eigenvalue weighted by Crippen LogP contribution is -2.63. The van der Waals surface area contributed by atoms with E-state index in [9.17, 15) is 39.2 Å². The van der Waals surface area contributed by atoms with Gasteiger partial charge in [0.25, 0.3) is 5.91 Å². The smallest absolute Gasteiger partial charge is 0.255 e. The maximum atomic E-state index is 14.3. The van der Waals surface area contributed by atoms with Crippen LogP contribution in [0.2, 0.25) is 0 Å². The standard InChI is InChI=1S/C20H19FN2O7/c1-23-14-8-5-6-4-7-9(21)2-3-10(24)12(7)15(25)11(6)17(27)20(8,30)18(28)13(16(14)26)19(22)29/h2-3,6,8,14,23-24,26-27,30H,4-5H2,1H3,(H2,22,29)/t6-,8-,14-,20-/m0/s1. The Morgan fingerprint density at radius 2 is 1.93 bits per heavy atom. The minimum absolute atomic E-state index is 0.0345. The van der Waals surface area contributed by atoms with Crippen LogP contribution in [0.1, 0.15) is 22.3 Å². The van der Waals surface area contributed by atoms with Crippen molar-refractivity contribution in [3.63, 3.8) is 0 Å². The number of aromatic hydroxyl groups is 1. The molecule has 0 radical (unpaired) electrons. The van der Waals surface area contributed by atoms with Gasteiger partial charge in [-0.15, -0.1) is 0 Å². The van der Waals surface area contributed by atoms with Gasteiger partial charge < -0.3 is 31.5 Å². The van der Waals surface area contributed by atoms with Crippen molar-refractivity contribution in [2.45, 2.75) is 24.5 Å². The van der Waals surface area contributed by atoms with E-state index in [1.807, 2.05) is 0 Å². The summed E-state index contributed by atoms with van der Waals surface area (Å²) in [5.41, 5.74) is 0.891. The molecule has 0 bridgehead atoms. The highest BCUT2D eigenvalue weighted by molar-refractivity contribution is 6.24. The number of aliphatic hydroxyl groups is 3. The van der Waals surface area contributed by atoms with Crippen molar-refractivity contribution in [1.82, 2.24) is 5.32 Å². The molecular weight excluding hydrogens is 399 g/mol. The summed E-state index contributed by atoms with van der Waals surface area (Å²) >= 11 is 0. The first kappa shape index (κ1) is 20.0. The second-order valence-corrected chi connectivity index (χ2v) is 7.74. The Balaban J connectivity index is 1.97. The first-order valence-corrected chi connectivity index (χ1v) is 9.21. The summed E-state index contributed by atoms with van der Waals surface area (Å²) < 4.78 is 14.3. The van der Waals surface area contributed by atoms with E-state index in [2.05, 4.69) is 5.32 Å². The van der Waals surface area contributed by atoms with E-state index in [1.54, 1.807) is 0 Å². The van der Waals surface area contributed by atoms with Crippen LogP contribution in [-0.4, -0.2) is 56.6 Å². The molecule has 3 aliphatic carbocycles. The molecule has 0 aliphatic heterocycles. The van der Waals surface area contributed by atoms with E-state index in [0.29, 0.717) is 0 Å². The van der Waals surface area contributed by atoms with Crippen molar-refractivity contribution in [3.05, 3.63) is 51.7 Å². The van der Waals surface area contributed by atoms with Gasteiger partial charge in [-0.2, -0.15) is 0 Å². The fourth-order valence-corrected chi connectivity index (χ4v) is 4.97. The summed E-state index contributed by atoms with van der Waals surface area (Å²) in [5.74, 6) is -8.37. The van der Waals surface area contributed by atoms with Gasteiger partial charge in [0.1, 0.15) is 28.7 Å². The van der Waals surface area contributed by atoms with Gasteiger partial charge in [-0.3, -0.25) is 14.4 Å². The maximum absolute atomic E-state index is 14.3. The summed E-state index contributed by atoms with van der Waals surface area (Å²) in [6.07, 6.45) is -0.172. The highest BCUT2D eigenvalue weighted by Gasteiger charge is 2.62. The molecule has 158 valence electrons. The Hall–Kier alpha value is -3.24. The Kier molecular flexibility index (Phi) is 4.26. The number of rotatable bonds is 2. The number of fused-ring (bicyclic) bond motifs is 3. The van der Waals surface area contributed by atoms with E-state index in [1.165, 1.54) is 7.05 Å². The average molecular weight is 418 g/mol. The highest BCUT2D eigenvalue weighted by atomic mass is 19.1. The number of carbonyl (C=O) groups excluding carboxylic acids is 3. The maximum Gasteiger partial charge on any atom is 0.255 e. The van der Waals surface area contributed by atoms with Crippen molar-refractivity contribution < 1.29 is 39.2 Å². The van der Waals surface area contributed by atoms with Crippen LogP contribution in [0.3, 0.4) is 0 Å². The summed E-state index contributed by atoms with van der Waals surface area (Å²) in [6.45, 7) is 0. The van der Waals surface area contributed by atoms with Gasteiger partial charge in [0.15, 0.2) is 11.4 Å². The molecule has 0 unspecified atom stereocenters. The number of phenolic OH excluding ortho intramolecular Hbond substituents is 1. The number of ketones is 2. The van der Waals surface area contributed by atoms with Gasteiger partial charge in [0, 0.05) is 17.1 Å². The summed E-state index contributed by atoms with van der Waals surface area (Å²) in [7, 11) is 1.41. The quantitative estimate of drug-likeness (QED) is 0.362. The molecule has 10 heteroatoms. The number of phenols is 1. The van der Waals surface area contributed by atoms with Gasteiger partial charge in [-0.25, -0.2) is 4.39 Å². The molecule has 1 aromatic carbocycles. The topological polar surface area (TPSA) is 170 Å². The van der Waals surface area contributed by atoms with Crippen LogP contribution >= 0.6 is 0 Å². The fourth-order valence-electron chi connectivity index (χ4n) is 4.97. The number of Topliss-reactive ketones (excluding diaryl/α,β-unsaturated/α-hetero) is 2. The molecule has 0 aromatic heterocycles. The number of likely N-dealkylation sites (N-methyl/N-ethyl adjacent to an activating group) is 1. The monoisotopic (exact) mass is 418 g/mol. The van der Waals surface area contributed by atoms with Crippen LogP contribution in [-0.2, 0) is 16.0 Å². The lowest BCUT2D eigenvalue weighted by molar-refractivity contribution is -0.146. The molecule has 7 N–H and O–H groups in total. The van der Waals surface area contributed by atoms with Gasteiger partial charge in [0.05, 0.1) is 11.6 Å². The van der Waals surface area contributed by atoms with Gasteiger partial charge in [-0.1, -0.05) is 0 Å². The minimum Gasteiger partial charge on any atom is -0.510 e. The number of aliphatic hydroxyl groups excluding tert-OH is 2. The van der Waals surface area contributed by atoms with E-state index >= 15 is 0 Å². The third-order valence-corrected chi connectivity index (χ3v) is 6.34. The van der Waals surface area contributed by atoms with Gasteiger partial charge >= 0.3 is 0 Å². The molecule has 1 aromatic rings. The number of nitrogens with one attached hydrogen (secondary N) is 1. The summed E-state index contributed by atoms with van der Waals surface area (Å²) in [4.78, 5) is 37.8. The Morgan fingerprint density at radius 3 is 2.53 bits per heavy atom. The van der Waals surface area contributed by atoms with E-state index in [-0.39, 0.29) is 29.5 Å². The molecule has 0 saturated heterocycles. The molecule has 0 saturated carbocycles. The van der Waals surface area contributed by atoms with Crippen LogP contribution in [0.15, 0.2) is 34.8 Å².